The number of carbonyl (C=O) groups is 4. The Morgan fingerprint density at radius 3 is 2.59 bits per heavy atom. The molecule has 0 aliphatic rings. The highest BCUT2D eigenvalue weighted by molar-refractivity contribution is 7.20. The van der Waals surface area contributed by atoms with E-state index in [1.165, 1.54) is 11.3 Å². The van der Waals surface area contributed by atoms with Crippen LogP contribution in [0.2, 0.25) is 0 Å². The molecule has 3 aromatic heterocycles. The van der Waals surface area contributed by atoms with Gasteiger partial charge in [-0.25, -0.2) is 4.98 Å². The number of thiophene rings is 1. The first-order chi connectivity index (χ1) is 21.1. The topological polar surface area (TPSA) is 171 Å². The fourth-order valence-corrected chi connectivity index (χ4v) is 6.19. The second-order valence-corrected chi connectivity index (χ2v) is 11.4. The first-order valence-electron chi connectivity index (χ1n) is 14.1. The normalized spacial score (nSPS) is 11.2. The molecule has 0 fully saturated rings. The molecule has 12 nitrogen and oxygen atoms in total. The number of imidazole rings is 1. The van der Waals surface area contributed by atoms with Gasteiger partial charge in [-0.15, -0.1) is 11.3 Å². The number of carboxylic acid groups (broad SMARTS) is 1. The van der Waals surface area contributed by atoms with Crippen LogP contribution in [0, 0.1) is 6.92 Å². The number of aliphatic carboxylic acids is 1. The number of primary amides is 1. The molecule has 0 saturated heterocycles. The highest BCUT2D eigenvalue weighted by atomic mass is 32.1. The molecule has 0 saturated carbocycles. The molecular weight excluding hydrogens is 584 g/mol. The predicted octanol–water partition coefficient (Wildman–Crippen LogP) is 4.82. The van der Waals surface area contributed by atoms with Crippen molar-refractivity contribution in [2.75, 3.05) is 12.4 Å². The molecule has 2 amide bonds. The largest absolute Gasteiger partial charge is 0.496 e. The lowest BCUT2D eigenvalue weighted by Crippen LogP contribution is -2.20. The minimum atomic E-state index is -1.01. The Balaban J connectivity index is 1.40. The number of nitrogens with two attached hydrogens (primary N) is 1. The third kappa shape index (κ3) is 6.32. The third-order valence-electron chi connectivity index (χ3n) is 7.28. The summed E-state index contributed by atoms with van der Waals surface area (Å²) in [6, 6.07) is 12.4. The highest BCUT2D eigenvalue weighted by Gasteiger charge is 2.20. The summed E-state index contributed by atoms with van der Waals surface area (Å²) in [4.78, 5) is 53.6. The number of anilines is 1. The molecule has 5 rings (SSSR count). The van der Waals surface area contributed by atoms with Crippen molar-refractivity contribution in [2.24, 2.45) is 5.73 Å². The van der Waals surface area contributed by atoms with E-state index in [0.29, 0.717) is 59.3 Å². The minimum absolute atomic E-state index is 0.0504. The number of hydrogen-bond donors (Lipinski definition) is 3. The summed E-state index contributed by atoms with van der Waals surface area (Å²) in [5.74, 6) is -1.12. The number of Topliss-reactive ketones (excluding diaryl/α,β-unsaturated/α-hetero) is 1. The number of nitrogens with one attached hydrogen (secondary N) is 1. The second-order valence-electron chi connectivity index (χ2n) is 10.3. The number of aryl methyl sites for hydroxylation is 4. The third-order valence-corrected chi connectivity index (χ3v) is 8.42. The fourth-order valence-electron chi connectivity index (χ4n) is 5.15. The van der Waals surface area contributed by atoms with Crippen LogP contribution in [0.1, 0.15) is 68.0 Å². The Morgan fingerprint density at radius 1 is 1.09 bits per heavy atom. The van der Waals surface area contributed by atoms with Crippen LogP contribution in [-0.2, 0) is 24.3 Å². The average molecular weight is 617 g/mol. The minimum Gasteiger partial charge on any atom is -0.496 e. The fraction of sp³-hybridized carbons (Fsp3) is 0.290. The van der Waals surface area contributed by atoms with E-state index in [1.54, 1.807) is 42.1 Å². The van der Waals surface area contributed by atoms with Crippen molar-refractivity contribution in [1.82, 2.24) is 19.3 Å². The Morgan fingerprint density at radius 2 is 1.89 bits per heavy atom. The number of ketones is 1. The Labute approximate surface area is 256 Å². The molecule has 0 unspecified atom stereocenters. The molecule has 228 valence electrons. The number of carboxylic acids is 1. The lowest BCUT2D eigenvalue weighted by Gasteiger charge is -2.12. The molecular formula is C31H32N6O6S. The van der Waals surface area contributed by atoms with Gasteiger partial charge in [0.1, 0.15) is 11.4 Å². The second kappa shape index (κ2) is 12.7. The number of fused-ring (bicyclic) bond motifs is 2. The van der Waals surface area contributed by atoms with E-state index in [1.807, 2.05) is 30.5 Å². The van der Waals surface area contributed by atoms with Gasteiger partial charge in [-0.05, 0) is 80.1 Å². The van der Waals surface area contributed by atoms with E-state index < -0.39 is 11.9 Å². The molecule has 0 atom stereocenters. The first-order valence-corrected chi connectivity index (χ1v) is 14.9. The average Bonchev–Trinajstić information content (AvgIpc) is 3.69. The van der Waals surface area contributed by atoms with E-state index in [4.69, 9.17) is 15.6 Å². The van der Waals surface area contributed by atoms with Crippen molar-refractivity contribution in [1.29, 1.82) is 0 Å². The lowest BCUT2D eigenvalue weighted by atomic mass is 10.1. The van der Waals surface area contributed by atoms with Crippen LogP contribution in [0.5, 0.6) is 5.75 Å². The summed E-state index contributed by atoms with van der Waals surface area (Å²) in [6.07, 6.45) is 1.00. The van der Waals surface area contributed by atoms with E-state index in [9.17, 15) is 19.2 Å². The van der Waals surface area contributed by atoms with Gasteiger partial charge in [0.25, 0.3) is 5.91 Å². The number of aromatic nitrogens is 4. The van der Waals surface area contributed by atoms with E-state index in [2.05, 4.69) is 15.4 Å². The predicted molar refractivity (Wildman–Crippen MR) is 167 cm³/mol. The molecule has 0 bridgehead atoms. The number of nitrogens with zero attached hydrogens (tertiary/aromatic N) is 4. The van der Waals surface area contributed by atoms with Gasteiger partial charge in [0.05, 0.1) is 35.1 Å². The maximum atomic E-state index is 13.3. The number of benzene rings is 2. The molecule has 0 spiro atoms. The summed E-state index contributed by atoms with van der Waals surface area (Å²) in [7, 11) is 1.59. The first kappa shape index (κ1) is 30.4. The van der Waals surface area contributed by atoms with Crippen LogP contribution in [0.4, 0.5) is 5.95 Å². The molecule has 0 aliphatic heterocycles. The van der Waals surface area contributed by atoms with Crippen LogP contribution in [-0.4, -0.2) is 55.1 Å². The number of ether oxygens (including phenoxy) is 1. The van der Waals surface area contributed by atoms with Crippen LogP contribution < -0.4 is 15.8 Å². The Bertz CT molecular complexity index is 1920. The van der Waals surface area contributed by atoms with Crippen molar-refractivity contribution < 1.29 is 29.0 Å². The zero-order valence-corrected chi connectivity index (χ0v) is 25.4. The standard InChI is InChI=1S/C31H32N6O6S/c1-4-37-23(12-17(2)35-37)30(42)34-31-33-21-14-19(29(32)41)7-8-22(21)36(31)11-5-6-18-13-20-15-27(24(38)9-10-28(39)40)44-26(20)16-25(18)43-3/h7-8,12-16H,4-6,9-11H2,1-3H3,(H2,32,41)(H,39,40)(H,33,34,42). The number of amides is 2. The molecule has 13 heteroatoms. The number of methoxy groups -OCH3 is 1. The lowest BCUT2D eigenvalue weighted by molar-refractivity contribution is -0.136. The number of carbonyl (C=O) groups excluding carboxylic acids is 3. The van der Waals surface area contributed by atoms with Crippen LogP contribution >= 0.6 is 11.3 Å². The zero-order chi connectivity index (χ0) is 31.5. The van der Waals surface area contributed by atoms with Crippen molar-refractivity contribution in [3.05, 3.63) is 69.9 Å². The quantitative estimate of drug-likeness (QED) is 0.158. The monoisotopic (exact) mass is 616 g/mol. The van der Waals surface area contributed by atoms with Gasteiger partial charge in [0.2, 0.25) is 11.9 Å². The number of rotatable bonds is 13. The molecule has 3 heterocycles. The molecule has 0 aliphatic carbocycles. The van der Waals surface area contributed by atoms with Gasteiger partial charge in [-0.2, -0.15) is 5.10 Å². The van der Waals surface area contributed by atoms with Gasteiger partial charge in [0, 0.05) is 29.8 Å². The zero-order valence-electron chi connectivity index (χ0n) is 24.5. The SMILES string of the molecule is CCn1nc(C)cc1C(=O)Nc1nc2cc(C(N)=O)ccc2n1CCCc1cc2cc(C(=O)CCC(=O)O)sc2cc1OC. The summed E-state index contributed by atoms with van der Waals surface area (Å²) >= 11 is 1.32. The van der Waals surface area contributed by atoms with Gasteiger partial charge in [-0.3, -0.25) is 29.2 Å². The van der Waals surface area contributed by atoms with Crippen molar-refractivity contribution >= 4 is 62.0 Å². The smallest absolute Gasteiger partial charge is 0.303 e. The van der Waals surface area contributed by atoms with E-state index in [0.717, 1.165) is 26.9 Å². The van der Waals surface area contributed by atoms with E-state index in [-0.39, 0.29) is 24.5 Å². The summed E-state index contributed by atoms with van der Waals surface area (Å²) in [5, 5.41) is 17.1. The van der Waals surface area contributed by atoms with Crippen LogP contribution in [0.3, 0.4) is 0 Å². The van der Waals surface area contributed by atoms with Crippen LogP contribution in [0.15, 0.2) is 42.5 Å². The van der Waals surface area contributed by atoms with Gasteiger partial charge < -0.3 is 20.1 Å². The molecule has 44 heavy (non-hydrogen) atoms. The van der Waals surface area contributed by atoms with Crippen molar-refractivity contribution in [2.45, 2.75) is 52.6 Å². The van der Waals surface area contributed by atoms with Gasteiger partial charge in [0.15, 0.2) is 5.78 Å². The summed E-state index contributed by atoms with van der Waals surface area (Å²) in [6.45, 7) is 4.74. The number of hydrogen-bond acceptors (Lipinski definition) is 8. The highest BCUT2D eigenvalue weighted by Crippen LogP contribution is 2.34. The van der Waals surface area contributed by atoms with Gasteiger partial charge in [-0.1, -0.05) is 0 Å². The van der Waals surface area contributed by atoms with Crippen LogP contribution in [0.25, 0.3) is 21.1 Å². The van der Waals surface area contributed by atoms with E-state index >= 15 is 0 Å². The van der Waals surface area contributed by atoms with Crippen molar-refractivity contribution in [3.8, 4) is 5.75 Å². The molecule has 2 aromatic carbocycles. The molecule has 4 N–H and O–H groups in total. The maximum Gasteiger partial charge on any atom is 0.303 e. The summed E-state index contributed by atoms with van der Waals surface area (Å²) < 4.78 is 10.1. The van der Waals surface area contributed by atoms with Gasteiger partial charge >= 0.3 is 5.97 Å². The Kier molecular flexibility index (Phi) is 8.76. The van der Waals surface area contributed by atoms with Crippen molar-refractivity contribution in [3.63, 3.8) is 0 Å². The summed E-state index contributed by atoms with van der Waals surface area (Å²) in [5.41, 5.74) is 9.14. The molecule has 5 aromatic rings. The molecule has 0 radical (unpaired) electrons. The Hall–Kier alpha value is -5.04. The maximum absolute atomic E-state index is 13.3.